The van der Waals surface area contributed by atoms with Crippen LogP contribution < -0.4 is 10.1 Å². The summed E-state index contributed by atoms with van der Waals surface area (Å²) in [4.78, 5) is 16.2. The Morgan fingerprint density at radius 3 is 2.67 bits per heavy atom. The molecule has 0 aliphatic carbocycles. The van der Waals surface area contributed by atoms with Gasteiger partial charge in [0, 0.05) is 11.0 Å². The van der Waals surface area contributed by atoms with Gasteiger partial charge < -0.3 is 10.1 Å². The molecule has 0 fully saturated rings. The summed E-state index contributed by atoms with van der Waals surface area (Å²) in [6.07, 6.45) is 0. The Bertz CT molecular complexity index is 887. The van der Waals surface area contributed by atoms with Gasteiger partial charge in [-0.1, -0.05) is 39.8 Å². The highest BCUT2D eigenvalue weighted by Crippen LogP contribution is 2.17. The summed E-state index contributed by atoms with van der Waals surface area (Å²) in [6, 6.07) is 13.5. The van der Waals surface area contributed by atoms with Crippen LogP contribution in [0.25, 0.3) is 0 Å². The lowest BCUT2D eigenvalue weighted by Crippen LogP contribution is -2.24. The summed E-state index contributed by atoms with van der Waals surface area (Å²) in [5, 5.41) is 10.1. The Balaban J connectivity index is 1.40. The third-order valence-electron chi connectivity index (χ3n) is 3.44. The molecule has 140 valence electrons. The zero-order valence-electron chi connectivity index (χ0n) is 14.1. The standard InChI is InChI=1S/C18H16BrFN4O2S/c19-13-3-7-15(8-4-13)26-10-16-22-18(24-23-16)27-11-17(25)21-9-12-1-5-14(20)6-2-12/h1-8H,9-11H2,(H,21,25)(H,22,23,24). The van der Waals surface area contributed by atoms with Crippen LogP contribution in [0.3, 0.4) is 0 Å². The van der Waals surface area contributed by atoms with Crippen LogP contribution in [0.15, 0.2) is 58.2 Å². The van der Waals surface area contributed by atoms with Gasteiger partial charge in [0.2, 0.25) is 11.1 Å². The normalized spacial score (nSPS) is 10.6. The fraction of sp³-hybridized carbons (Fsp3) is 0.167. The predicted octanol–water partition coefficient (Wildman–Crippen LogP) is 3.69. The summed E-state index contributed by atoms with van der Waals surface area (Å²) in [6.45, 7) is 0.603. The molecule has 1 heterocycles. The van der Waals surface area contributed by atoms with Gasteiger partial charge in [0.15, 0.2) is 5.82 Å². The number of hydrogen-bond acceptors (Lipinski definition) is 5. The van der Waals surface area contributed by atoms with Gasteiger partial charge >= 0.3 is 0 Å². The van der Waals surface area contributed by atoms with Crippen molar-refractivity contribution in [2.24, 2.45) is 0 Å². The maximum atomic E-state index is 12.8. The number of hydrogen-bond donors (Lipinski definition) is 2. The van der Waals surface area contributed by atoms with Crippen LogP contribution in [0.1, 0.15) is 11.4 Å². The molecule has 3 rings (SSSR count). The highest BCUT2D eigenvalue weighted by molar-refractivity contribution is 9.10. The van der Waals surface area contributed by atoms with Gasteiger partial charge in [-0.2, -0.15) is 0 Å². The van der Waals surface area contributed by atoms with E-state index in [4.69, 9.17) is 4.74 Å². The van der Waals surface area contributed by atoms with Crippen molar-refractivity contribution in [1.82, 2.24) is 20.5 Å². The maximum Gasteiger partial charge on any atom is 0.230 e. The van der Waals surface area contributed by atoms with Gasteiger partial charge in [0.25, 0.3) is 0 Å². The number of aromatic amines is 1. The van der Waals surface area contributed by atoms with Crippen LogP contribution in [-0.2, 0) is 17.9 Å². The summed E-state index contributed by atoms with van der Waals surface area (Å²) >= 11 is 4.59. The van der Waals surface area contributed by atoms with E-state index in [9.17, 15) is 9.18 Å². The Hall–Kier alpha value is -2.39. The summed E-state index contributed by atoms with van der Waals surface area (Å²) in [5.74, 6) is 1.04. The molecule has 0 spiro atoms. The fourth-order valence-corrected chi connectivity index (χ4v) is 2.98. The third-order valence-corrected chi connectivity index (χ3v) is 4.81. The SMILES string of the molecule is O=C(CSc1n[nH]c(COc2ccc(Br)cc2)n1)NCc1ccc(F)cc1. The van der Waals surface area contributed by atoms with E-state index in [0.717, 1.165) is 15.8 Å². The lowest BCUT2D eigenvalue weighted by atomic mass is 10.2. The molecule has 3 aromatic rings. The average molecular weight is 451 g/mol. The monoisotopic (exact) mass is 450 g/mol. The van der Waals surface area contributed by atoms with Crippen LogP contribution in [0.4, 0.5) is 4.39 Å². The molecule has 0 saturated carbocycles. The molecule has 0 bridgehead atoms. The molecule has 0 unspecified atom stereocenters. The zero-order valence-corrected chi connectivity index (χ0v) is 16.5. The average Bonchev–Trinajstić information content (AvgIpc) is 3.13. The van der Waals surface area contributed by atoms with E-state index in [1.54, 1.807) is 12.1 Å². The highest BCUT2D eigenvalue weighted by atomic mass is 79.9. The first kappa shape index (κ1) is 19.4. The third kappa shape index (κ3) is 6.37. The smallest absolute Gasteiger partial charge is 0.230 e. The van der Waals surface area contributed by atoms with E-state index in [1.165, 1.54) is 23.9 Å². The molecule has 0 aliphatic rings. The molecule has 9 heteroatoms. The largest absolute Gasteiger partial charge is 0.486 e. The number of nitrogens with zero attached hydrogens (tertiary/aromatic N) is 2. The number of benzene rings is 2. The van der Waals surface area contributed by atoms with Crippen molar-refractivity contribution in [2.75, 3.05) is 5.75 Å². The van der Waals surface area contributed by atoms with Gasteiger partial charge in [-0.3, -0.25) is 9.89 Å². The number of nitrogens with one attached hydrogen (secondary N) is 2. The lowest BCUT2D eigenvalue weighted by Gasteiger charge is -2.04. The number of ether oxygens (including phenoxy) is 1. The van der Waals surface area contributed by atoms with Crippen LogP contribution >= 0.6 is 27.7 Å². The summed E-state index contributed by atoms with van der Waals surface area (Å²) in [5.41, 5.74) is 0.833. The number of rotatable bonds is 8. The molecular formula is C18H16BrFN4O2S. The molecule has 1 aromatic heterocycles. The molecule has 27 heavy (non-hydrogen) atoms. The van der Waals surface area contributed by atoms with Crippen LogP contribution in [0.2, 0.25) is 0 Å². The van der Waals surface area contributed by atoms with Crippen molar-refractivity contribution in [3.8, 4) is 5.75 Å². The number of carbonyl (C=O) groups excluding carboxylic acids is 1. The van der Waals surface area contributed by atoms with Crippen LogP contribution in [0, 0.1) is 5.82 Å². The molecule has 2 N–H and O–H groups in total. The van der Waals surface area contributed by atoms with E-state index in [2.05, 4.69) is 36.4 Å². The number of H-pyrrole nitrogens is 1. The second-order valence-corrected chi connectivity index (χ2v) is 7.36. The minimum Gasteiger partial charge on any atom is -0.486 e. The van der Waals surface area contributed by atoms with E-state index >= 15 is 0 Å². The van der Waals surface area contributed by atoms with Crippen molar-refractivity contribution in [1.29, 1.82) is 0 Å². The maximum absolute atomic E-state index is 12.8. The van der Waals surface area contributed by atoms with Crippen molar-refractivity contribution >= 4 is 33.6 Å². The van der Waals surface area contributed by atoms with Gasteiger partial charge in [0.05, 0.1) is 5.75 Å². The predicted molar refractivity (Wildman–Crippen MR) is 104 cm³/mol. The van der Waals surface area contributed by atoms with E-state index in [1.807, 2.05) is 24.3 Å². The molecule has 0 saturated heterocycles. The molecule has 2 aromatic carbocycles. The number of carbonyl (C=O) groups is 1. The Morgan fingerprint density at radius 1 is 1.19 bits per heavy atom. The van der Waals surface area contributed by atoms with Gasteiger partial charge in [-0.15, -0.1) is 5.10 Å². The molecule has 1 amide bonds. The van der Waals surface area contributed by atoms with E-state index in [-0.39, 0.29) is 24.1 Å². The van der Waals surface area contributed by atoms with Crippen LogP contribution in [-0.4, -0.2) is 26.8 Å². The van der Waals surface area contributed by atoms with Crippen molar-refractivity contribution in [3.63, 3.8) is 0 Å². The van der Waals surface area contributed by atoms with Gasteiger partial charge in [-0.25, -0.2) is 9.37 Å². The van der Waals surface area contributed by atoms with Gasteiger partial charge in [0.1, 0.15) is 18.2 Å². The minimum atomic E-state index is -0.301. The first-order valence-electron chi connectivity index (χ1n) is 8.02. The molecular weight excluding hydrogens is 435 g/mol. The van der Waals surface area contributed by atoms with E-state index in [0.29, 0.717) is 17.5 Å². The number of halogens is 2. The Kier molecular flexibility index (Phi) is 6.83. The van der Waals surface area contributed by atoms with Gasteiger partial charge in [-0.05, 0) is 42.0 Å². The van der Waals surface area contributed by atoms with Crippen molar-refractivity contribution in [2.45, 2.75) is 18.3 Å². The lowest BCUT2D eigenvalue weighted by molar-refractivity contribution is -0.118. The summed E-state index contributed by atoms with van der Waals surface area (Å²) < 4.78 is 19.4. The van der Waals surface area contributed by atoms with E-state index < -0.39 is 0 Å². The zero-order chi connectivity index (χ0) is 19.1. The minimum absolute atomic E-state index is 0.151. The second-order valence-electron chi connectivity index (χ2n) is 5.50. The van der Waals surface area contributed by atoms with Crippen LogP contribution in [0.5, 0.6) is 5.75 Å². The van der Waals surface area contributed by atoms with Crippen molar-refractivity contribution in [3.05, 3.63) is 70.2 Å². The number of aromatic nitrogens is 3. The molecule has 0 aliphatic heterocycles. The Morgan fingerprint density at radius 2 is 1.93 bits per heavy atom. The highest BCUT2D eigenvalue weighted by Gasteiger charge is 2.08. The summed E-state index contributed by atoms with van der Waals surface area (Å²) in [7, 11) is 0. The topological polar surface area (TPSA) is 79.9 Å². The van der Waals surface area contributed by atoms with Crippen molar-refractivity contribution < 1.29 is 13.9 Å². The first-order chi connectivity index (χ1) is 13.1. The number of thioether (sulfide) groups is 1. The Labute approximate surface area is 168 Å². The molecule has 0 atom stereocenters. The quantitative estimate of drug-likeness (QED) is 0.511. The first-order valence-corrected chi connectivity index (χ1v) is 9.80. The molecule has 0 radical (unpaired) electrons. The second kappa shape index (κ2) is 9.52. The fourth-order valence-electron chi connectivity index (χ4n) is 2.07. The number of amides is 1. The molecule has 6 nitrogen and oxygen atoms in total.